The van der Waals surface area contributed by atoms with E-state index in [1.807, 2.05) is 11.9 Å². The van der Waals surface area contributed by atoms with Crippen LogP contribution in [0.15, 0.2) is 18.2 Å². The molecule has 0 aliphatic carbocycles. The monoisotopic (exact) mass is 281 g/mol. The molecule has 1 aromatic rings. The lowest BCUT2D eigenvalue weighted by Crippen LogP contribution is -2.48. The van der Waals surface area contributed by atoms with E-state index in [-0.39, 0.29) is 12.1 Å². The summed E-state index contributed by atoms with van der Waals surface area (Å²) in [6.07, 6.45) is 0.0246. The van der Waals surface area contributed by atoms with Gasteiger partial charge in [-0.3, -0.25) is 15.0 Å². The van der Waals surface area contributed by atoms with Gasteiger partial charge in [0.05, 0.1) is 23.7 Å². The molecule has 0 bridgehead atoms. The van der Waals surface area contributed by atoms with Gasteiger partial charge in [0.2, 0.25) is 5.82 Å². The van der Waals surface area contributed by atoms with Gasteiger partial charge in [0.15, 0.2) is 0 Å². The van der Waals surface area contributed by atoms with Crippen LogP contribution in [-0.4, -0.2) is 55.3 Å². The highest BCUT2D eigenvalue weighted by Crippen LogP contribution is 2.34. The molecular formula is C13H16FN3O3. The number of benzene rings is 1. The van der Waals surface area contributed by atoms with Crippen molar-refractivity contribution in [2.24, 2.45) is 0 Å². The number of nitrogens with zero attached hydrogens (tertiary/aromatic N) is 3. The molecule has 2 aliphatic heterocycles. The molecule has 2 aliphatic rings. The van der Waals surface area contributed by atoms with E-state index in [2.05, 4.69) is 4.90 Å². The molecular weight excluding hydrogens is 265 g/mol. The maximum absolute atomic E-state index is 13.7. The third-order valence-corrected chi connectivity index (χ3v) is 4.07. The van der Waals surface area contributed by atoms with Crippen LogP contribution in [0.4, 0.5) is 15.8 Å². The first-order chi connectivity index (χ1) is 9.58. The van der Waals surface area contributed by atoms with Gasteiger partial charge in [0.25, 0.3) is 0 Å². The van der Waals surface area contributed by atoms with Crippen molar-refractivity contribution in [2.45, 2.75) is 12.1 Å². The zero-order valence-corrected chi connectivity index (χ0v) is 11.2. The van der Waals surface area contributed by atoms with Crippen molar-refractivity contribution in [3.05, 3.63) is 34.1 Å². The number of anilines is 1. The van der Waals surface area contributed by atoms with Crippen molar-refractivity contribution < 1.29 is 14.1 Å². The zero-order chi connectivity index (χ0) is 14.3. The molecule has 3 rings (SSSR count). The van der Waals surface area contributed by atoms with Crippen LogP contribution in [-0.2, 0) is 4.74 Å². The summed E-state index contributed by atoms with van der Waals surface area (Å²) in [5, 5.41) is 11.1. The van der Waals surface area contributed by atoms with Crippen molar-refractivity contribution in [3.8, 4) is 0 Å². The Hall–Kier alpha value is -1.73. The Balaban J connectivity index is 1.91. The maximum atomic E-state index is 13.7. The number of hydrogen-bond donors (Lipinski definition) is 0. The summed E-state index contributed by atoms with van der Waals surface area (Å²) in [5.74, 6) is -0.795. The number of halogens is 1. The Bertz CT molecular complexity index is 540. The Kier molecular flexibility index (Phi) is 3.31. The Morgan fingerprint density at radius 2 is 2.25 bits per heavy atom. The van der Waals surface area contributed by atoms with Crippen LogP contribution >= 0.6 is 0 Å². The van der Waals surface area contributed by atoms with Crippen molar-refractivity contribution in [1.82, 2.24) is 4.90 Å². The van der Waals surface area contributed by atoms with Gasteiger partial charge >= 0.3 is 5.69 Å². The molecule has 0 aromatic heterocycles. The summed E-state index contributed by atoms with van der Waals surface area (Å²) in [7, 11) is 2.02. The normalized spacial score (nSPS) is 26.6. The lowest BCUT2D eigenvalue weighted by molar-refractivity contribution is -0.386. The van der Waals surface area contributed by atoms with E-state index in [0.717, 1.165) is 12.6 Å². The lowest BCUT2D eigenvalue weighted by atomic mass is 10.1. The van der Waals surface area contributed by atoms with Gasteiger partial charge in [-0.15, -0.1) is 0 Å². The second kappa shape index (κ2) is 4.99. The summed E-state index contributed by atoms with van der Waals surface area (Å²) in [6.45, 7) is 2.68. The Labute approximate surface area is 115 Å². The third kappa shape index (κ3) is 2.12. The fraction of sp³-hybridized carbons (Fsp3) is 0.538. The molecule has 108 valence electrons. The number of nitro groups is 1. The highest BCUT2D eigenvalue weighted by Gasteiger charge is 2.40. The highest BCUT2D eigenvalue weighted by atomic mass is 19.1. The van der Waals surface area contributed by atoms with Gasteiger partial charge in [-0.25, -0.2) is 0 Å². The van der Waals surface area contributed by atoms with E-state index in [0.29, 0.717) is 25.4 Å². The zero-order valence-electron chi connectivity index (χ0n) is 11.2. The van der Waals surface area contributed by atoms with Crippen LogP contribution in [0.3, 0.4) is 0 Å². The SMILES string of the molecule is CN1CCOC2CN(c3cccc(F)c3[N+](=O)[O-])CC21. The van der Waals surface area contributed by atoms with Crippen LogP contribution in [0.2, 0.25) is 0 Å². The van der Waals surface area contributed by atoms with Gasteiger partial charge < -0.3 is 9.64 Å². The molecule has 0 spiro atoms. The van der Waals surface area contributed by atoms with Gasteiger partial charge in [-0.1, -0.05) is 6.07 Å². The quantitative estimate of drug-likeness (QED) is 0.603. The number of rotatable bonds is 2. The highest BCUT2D eigenvalue weighted by molar-refractivity contribution is 5.64. The largest absolute Gasteiger partial charge is 0.373 e. The molecule has 6 nitrogen and oxygen atoms in total. The van der Waals surface area contributed by atoms with Gasteiger partial charge in [0.1, 0.15) is 5.69 Å². The molecule has 2 fully saturated rings. The van der Waals surface area contributed by atoms with Crippen molar-refractivity contribution >= 4 is 11.4 Å². The molecule has 0 saturated carbocycles. The van der Waals surface area contributed by atoms with Gasteiger partial charge in [-0.05, 0) is 19.2 Å². The number of nitro benzene ring substituents is 1. The first kappa shape index (κ1) is 13.3. The molecule has 2 heterocycles. The van der Waals surface area contributed by atoms with E-state index in [9.17, 15) is 14.5 Å². The van der Waals surface area contributed by atoms with E-state index >= 15 is 0 Å². The molecule has 7 heteroatoms. The second-order valence-corrected chi connectivity index (χ2v) is 5.23. The van der Waals surface area contributed by atoms with Crippen LogP contribution in [0.1, 0.15) is 0 Å². The predicted octanol–water partition coefficient (Wildman–Crippen LogP) is 1.25. The molecule has 2 unspecified atom stereocenters. The average molecular weight is 281 g/mol. The minimum Gasteiger partial charge on any atom is -0.373 e. The second-order valence-electron chi connectivity index (χ2n) is 5.23. The van der Waals surface area contributed by atoms with Crippen LogP contribution in [0, 0.1) is 15.9 Å². The van der Waals surface area contributed by atoms with E-state index < -0.39 is 16.4 Å². The summed E-state index contributed by atoms with van der Waals surface area (Å²) >= 11 is 0. The van der Waals surface area contributed by atoms with Crippen molar-refractivity contribution in [1.29, 1.82) is 0 Å². The number of likely N-dealkylation sites (N-methyl/N-ethyl adjacent to an activating group) is 1. The molecule has 20 heavy (non-hydrogen) atoms. The van der Waals surface area contributed by atoms with Gasteiger partial charge in [-0.2, -0.15) is 4.39 Å². The topological polar surface area (TPSA) is 58.8 Å². The minimum atomic E-state index is -0.795. The smallest absolute Gasteiger partial charge is 0.327 e. The van der Waals surface area contributed by atoms with Crippen molar-refractivity contribution in [3.63, 3.8) is 0 Å². The van der Waals surface area contributed by atoms with Crippen LogP contribution in [0.25, 0.3) is 0 Å². The predicted molar refractivity (Wildman–Crippen MR) is 71.4 cm³/mol. The van der Waals surface area contributed by atoms with E-state index in [4.69, 9.17) is 4.74 Å². The number of ether oxygens (including phenoxy) is 1. The molecule has 1 aromatic carbocycles. The first-order valence-corrected chi connectivity index (χ1v) is 6.57. The summed E-state index contributed by atoms with van der Waals surface area (Å²) in [4.78, 5) is 14.5. The molecule has 0 N–H and O–H groups in total. The van der Waals surface area contributed by atoms with E-state index in [1.54, 1.807) is 6.07 Å². The maximum Gasteiger partial charge on any atom is 0.327 e. The number of hydrogen-bond acceptors (Lipinski definition) is 5. The fourth-order valence-electron chi connectivity index (χ4n) is 2.99. The number of para-hydroxylation sites is 1. The van der Waals surface area contributed by atoms with Crippen LogP contribution < -0.4 is 4.90 Å². The lowest BCUT2D eigenvalue weighted by Gasteiger charge is -2.33. The molecule has 0 radical (unpaired) electrons. The number of morpholine rings is 1. The van der Waals surface area contributed by atoms with Gasteiger partial charge in [0, 0.05) is 19.6 Å². The summed E-state index contributed by atoms with van der Waals surface area (Å²) < 4.78 is 19.4. The first-order valence-electron chi connectivity index (χ1n) is 6.57. The molecule has 0 amide bonds. The van der Waals surface area contributed by atoms with Crippen molar-refractivity contribution in [2.75, 3.05) is 38.2 Å². The Morgan fingerprint density at radius 1 is 1.45 bits per heavy atom. The van der Waals surface area contributed by atoms with E-state index in [1.165, 1.54) is 6.07 Å². The third-order valence-electron chi connectivity index (χ3n) is 4.07. The average Bonchev–Trinajstić information content (AvgIpc) is 2.83. The fourth-order valence-corrected chi connectivity index (χ4v) is 2.99. The molecule has 2 saturated heterocycles. The summed E-state index contributed by atoms with van der Waals surface area (Å²) in [5.41, 5.74) is -0.116. The Morgan fingerprint density at radius 3 is 2.95 bits per heavy atom. The standard InChI is InChI=1S/C13H16FN3O3/c1-15-5-6-20-12-8-16(7-11(12)15)10-4-2-3-9(14)13(10)17(18)19/h2-4,11-12H,5-8H2,1H3. The van der Waals surface area contributed by atoms with Crippen LogP contribution in [0.5, 0.6) is 0 Å². The molecule has 2 atom stereocenters. The minimum absolute atomic E-state index is 0.0246. The summed E-state index contributed by atoms with van der Waals surface area (Å²) in [6, 6.07) is 4.42. The number of fused-ring (bicyclic) bond motifs is 1.